The highest BCUT2D eigenvalue weighted by molar-refractivity contribution is 7.12. The zero-order chi connectivity index (χ0) is 22.7. The van der Waals surface area contributed by atoms with E-state index in [0.717, 1.165) is 22.4 Å². The Morgan fingerprint density at radius 2 is 2.00 bits per heavy atom. The number of hydrogen-bond acceptors (Lipinski definition) is 5. The summed E-state index contributed by atoms with van der Waals surface area (Å²) in [5.41, 5.74) is 3.75. The molecule has 4 rings (SSSR count). The molecule has 4 aromatic rings. The fourth-order valence-corrected chi connectivity index (χ4v) is 4.19. The quantitative estimate of drug-likeness (QED) is 0.380. The number of aromatic nitrogens is 3. The molecule has 0 aliphatic heterocycles. The van der Waals surface area contributed by atoms with Gasteiger partial charge in [0.05, 0.1) is 11.4 Å². The summed E-state index contributed by atoms with van der Waals surface area (Å²) >= 11 is 7.38. The van der Waals surface area contributed by atoms with Crippen molar-refractivity contribution < 1.29 is 13.9 Å². The predicted octanol–water partition coefficient (Wildman–Crippen LogP) is 5.63. The Morgan fingerprint density at radius 1 is 1.22 bits per heavy atom. The van der Waals surface area contributed by atoms with Gasteiger partial charge in [-0.3, -0.25) is 10.1 Å². The third-order valence-corrected chi connectivity index (χ3v) is 6.11. The van der Waals surface area contributed by atoms with Gasteiger partial charge in [0.25, 0.3) is 5.91 Å². The van der Waals surface area contributed by atoms with Crippen LogP contribution in [0.25, 0.3) is 0 Å². The van der Waals surface area contributed by atoms with Gasteiger partial charge in [-0.05, 0) is 54.1 Å². The third-order valence-electron chi connectivity index (χ3n) is 4.78. The van der Waals surface area contributed by atoms with Gasteiger partial charge in [-0.1, -0.05) is 35.9 Å². The van der Waals surface area contributed by atoms with Crippen molar-refractivity contribution in [2.24, 2.45) is 0 Å². The number of hydrogen-bond donors (Lipinski definition) is 1. The number of halogens is 2. The Kier molecular flexibility index (Phi) is 6.53. The van der Waals surface area contributed by atoms with Crippen LogP contribution < -0.4 is 10.1 Å². The van der Waals surface area contributed by atoms with Crippen LogP contribution in [0.5, 0.6) is 5.75 Å². The maximum atomic E-state index is 13.2. The van der Waals surface area contributed by atoms with Crippen molar-refractivity contribution in [2.75, 3.05) is 5.32 Å². The molecular weight excluding hydrogens is 451 g/mol. The molecule has 164 valence electrons. The summed E-state index contributed by atoms with van der Waals surface area (Å²) in [6, 6.07) is 12.0. The molecule has 0 bridgehead atoms. The lowest BCUT2D eigenvalue weighted by Gasteiger charge is -2.10. The summed E-state index contributed by atoms with van der Waals surface area (Å²) in [6.07, 6.45) is 1.48. The van der Waals surface area contributed by atoms with Gasteiger partial charge < -0.3 is 4.74 Å². The van der Waals surface area contributed by atoms with Gasteiger partial charge >= 0.3 is 0 Å². The lowest BCUT2D eigenvalue weighted by molar-refractivity contribution is 0.102. The Hall–Kier alpha value is -3.23. The van der Waals surface area contributed by atoms with Crippen LogP contribution in [-0.4, -0.2) is 20.7 Å². The molecule has 0 fully saturated rings. The van der Waals surface area contributed by atoms with Gasteiger partial charge in [-0.15, -0.1) is 16.4 Å². The molecule has 32 heavy (non-hydrogen) atoms. The second-order valence-corrected chi connectivity index (χ2v) is 8.60. The van der Waals surface area contributed by atoms with Gasteiger partial charge in [0.2, 0.25) is 5.95 Å². The Balaban J connectivity index is 1.36. The van der Waals surface area contributed by atoms with Crippen LogP contribution in [0.3, 0.4) is 0 Å². The summed E-state index contributed by atoms with van der Waals surface area (Å²) in [7, 11) is 0. The molecule has 0 saturated carbocycles. The molecule has 9 heteroatoms. The molecule has 2 aromatic carbocycles. The zero-order valence-corrected chi connectivity index (χ0v) is 19.0. The fourth-order valence-electron chi connectivity index (χ4n) is 3.17. The molecular formula is C23H20ClFN4O2S. The van der Waals surface area contributed by atoms with Crippen molar-refractivity contribution in [3.05, 3.63) is 92.1 Å². The topological polar surface area (TPSA) is 69.0 Å². The second kappa shape index (κ2) is 9.50. The molecule has 1 N–H and O–H groups in total. The minimum atomic E-state index is -0.403. The van der Waals surface area contributed by atoms with Crippen molar-refractivity contribution in [1.29, 1.82) is 0 Å². The van der Waals surface area contributed by atoms with Crippen molar-refractivity contribution in [1.82, 2.24) is 14.8 Å². The van der Waals surface area contributed by atoms with E-state index in [-0.39, 0.29) is 11.9 Å². The van der Waals surface area contributed by atoms with E-state index in [0.29, 0.717) is 28.6 Å². The highest BCUT2D eigenvalue weighted by atomic mass is 35.5. The van der Waals surface area contributed by atoms with Crippen LogP contribution in [-0.2, 0) is 13.2 Å². The van der Waals surface area contributed by atoms with E-state index in [1.165, 1.54) is 34.5 Å². The van der Waals surface area contributed by atoms with Crippen LogP contribution in [0.2, 0.25) is 5.02 Å². The van der Waals surface area contributed by atoms with Crippen molar-refractivity contribution in [3.8, 4) is 5.75 Å². The number of amides is 1. The van der Waals surface area contributed by atoms with Crippen LogP contribution in [0.15, 0.2) is 54.2 Å². The van der Waals surface area contributed by atoms with E-state index >= 15 is 0 Å². The number of carbonyl (C=O) groups excluding carboxylic acids is 1. The van der Waals surface area contributed by atoms with E-state index in [2.05, 4.69) is 15.4 Å². The maximum Gasteiger partial charge on any atom is 0.268 e. The minimum absolute atomic E-state index is 0.176. The number of carbonyl (C=O) groups is 1. The highest BCUT2D eigenvalue weighted by Gasteiger charge is 2.13. The molecule has 2 heterocycles. The molecule has 6 nitrogen and oxygen atoms in total. The summed E-state index contributed by atoms with van der Waals surface area (Å²) in [5, 5.41) is 9.13. The average Bonchev–Trinajstić information content (AvgIpc) is 3.39. The summed E-state index contributed by atoms with van der Waals surface area (Å²) in [4.78, 5) is 17.2. The Morgan fingerprint density at radius 3 is 2.75 bits per heavy atom. The lowest BCUT2D eigenvalue weighted by Crippen LogP contribution is -2.12. The molecule has 0 spiro atoms. The molecule has 0 aliphatic carbocycles. The largest absolute Gasteiger partial charge is 0.488 e. The van der Waals surface area contributed by atoms with Gasteiger partial charge in [-0.2, -0.15) is 0 Å². The number of para-hydroxylation sites is 1. The maximum absolute atomic E-state index is 13.2. The number of thiophene rings is 1. The Bertz CT molecular complexity index is 1250. The molecule has 1 amide bonds. The molecule has 0 atom stereocenters. The summed E-state index contributed by atoms with van der Waals surface area (Å²) < 4.78 is 20.7. The first-order chi connectivity index (χ1) is 15.4. The van der Waals surface area contributed by atoms with E-state index in [4.69, 9.17) is 16.3 Å². The van der Waals surface area contributed by atoms with Crippen LogP contribution >= 0.6 is 22.9 Å². The molecule has 0 unspecified atom stereocenters. The lowest BCUT2D eigenvalue weighted by atomic mass is 10.1. The van der Waals surface area contributed by atoms with E-state index in [1.807, 2.05) is 37.4 Å². The molecule has 0 aliphatic rings. The van der Waals surface area contributed by atoms with Gasteiger partial charge in [-0.25, -0.2) is 14.1 Å². The van der Waals surface area contributed by atoms with Crippen molar-refractivity contribution in [2.45, 2.75) is 27.0 Å². The fraction of sp³-hybridized carbons (Fsp3) is 0.174. The summed E-state index contributed by atoms with van der Waals surface area (Å²) in [6.45, 7) is 4.69. The van der Waals surface area contributed by atoms with Crippen molar-refractivity contribution in [3.63, 3.8) is 0 Å². The molecule has 2 aromatic heterocycles. The van der Waals surface area contributed by atoms with E-state index in [1.54, 1.807) is 12.1 Å². The molecule has 0 radical (unpaired) electrons. The first-order valence-electron chi connectivity index (χ1n) is 9.80. The predicted molar refractivity (Wildman–Crippen MR) is 123 cm³/mol. The second-order valence-electron chi connectivity index (χ2n) is 7.28. The number of nitrogens with zero attached hydrogens (tertiary/aromatic N) is 3. The smallest absolute Gasteiger partial charge is 0.268 e. The number of aryl methyl sites for hydroxylation is 2. The summed E-state index contributed by atoms with van der Waals surface area (Å²) in [5.74, 6) is 0.335. The van der Waals surface area contributed by atoms with E-state index < -0.39 is 5.82 Å². The first-order valence-corrected chi connectivity index (χ1v) is 11.1. The van der Waals surface area contributed by atoms with Gasteiger partial charge in [0, 0.05) is 10.6 Å². The number of rotatable bonds is 7. The number of ether oxygens (including phenoxy) is 1. The SMILES string of the molecule is Cc1cccc(C)c1OCc1csc(C(=O)Nc2ncn(Cc3ccc(F)cc3Cl)n2)c1. The van der Waals surface area contributed by atoms with Crippen LogP contribution in [0.4, 0.5) is 10.3 Å². The average molecular weight is 471 g/mol. The Labute approximate surface area is 193 Å². The number of anilines is 1. The minimum Gasteiger partial charge on any atom is -0.488 e. The van der Waals surface area contributed by atoms with Gasteiger partial charge in [0.15, 0.2) is 0 Å². The molecule has 0 saturated heterocycles. The zero-order valence-electron chi connectivity index (χ0n) is 17.4. The number of nitrogens with one attached hydrogen (secondary N) is 1. The first kappa shape index (κ1) is 22.0. The van der Waals surface area contributed by atoms with E-state index in [9.17, 15) is 9.18 Å². The van der Waals surface area contributed by atoms with Crippen molar-refractivity contribution >= 4 is 34.8 Å². The number of benzene rings is 2. The normalized spacial score (nSPS) is 10.9. The third kappa shape index (κ3) is 5.15. The van der Waals surface area contributed by atoms with Crippen LogP contribution in [0.1, 0.15) is 31.9 Å². The van der Waals surface area contributed by atoms with Gasteiger partial charge in [0.1, 0.15) is 24.5 Å². The monoisotopic (exact) mass is 470 g/mol. The standard InChI is InChI=1S/C23H20ClFN4O2S/c1-14-4-3-5-15(2)21(14)31-11-16-8-20(32-12-16)22(30)27-23-26-13-29(28-23)10-17-6-7-18(25)9-19(17)24/h3-9,12-13H,10-11H2,1-2H3,(H,27,28,30). The van der Waals surface area contributed by atoms with Crippen LogP contribution in [0, 0.1) is 19.7 Å². The highest BCUT2D eigenvalue weighted by Crippen LogP contribution is 2.25.